The summed E-state index contributed by atoms with van der Waals surface area (Å²) in [6.45, 7) is 1.72. The standard InChI is InChI=1S/C11H9Cl3O3/c1-5-7(12)2-6(3-8(5)13)10(15)4-9(14)11(16)17/h2-3,9H,4H2,1H3,(H,16,17). The lowest BCUT2D eigenvalue weighted by atomic mass is 10.0. The summed E-state index contributed by atoms with van der Waals surface area (Å²) < 4.78 is 0. The molecule has 0 aliphatic heterocycles. The first-order valence-corrected chi connectivity index (χ1v) is 5.88. The number of ketones is 1. The van der Waals surface area contributed by atoms with E-state index in [0.29, 0.717) is 15.6 Å². The highest BCUT2D eigenvalue weighted by atomic mass is 35.5. The molecule has 1 atom stereocenters. The van der Waals surface area contributed by atoms with Crippen LogP contribution in [0.2, 0.25) is 10.0 Å². The monoisotopic (exact) mass is 294 g/mol. The molecule has 6 heteroatoms. The molecule has 1 aromatic carbocycles. The number of hydrogen-bond acceptors (Lipinski definition) is 2. The molecule has 0 aliphatic rings. The Labute approximate surface area is 113 Å². The van der Waals surface area contributed by atoms with Crippen molar-refractivity contribution < 1.29 is 14.7 Å². The topological polar surface area (TPSA) is 54.4 Å². The molecule has 0 fully saturated rings. The van der Waals surface area contributed by atoms with Gasteiger partial charge in [-0.3, -0.25) is 9.59 Å². The summed E-state index contributed by atoms with van der Waals surface area (Å²) >= 11 is 17.2. The van der Waals surface area contributed by atoms with Crippen LogP contribution in [-0.2, 0) is 4.79 Å². The van der Waals surface area contributed by atoms with E-state index in [1.165, 1.54) is 12.1 Å². The third-order valence-electron chi connectivity index (χ3n) is 2.24. The third kappa shape index (κ3) is 3.60. The highest BCUT2D eigenvalue weighted by Gasteiger charge is 2.20. The number of carbonyl (C=O) groups excluding carboxylic acids is 1. The van der Waals surface area contributed by atoms with Crippen molar-refractivity contribution in [3.05, 3.63) is 33.3 Å². The first-order chi connectivity index (χ1) is 7.82. The molecular formula is C11H9Cl3O3. The highest BCUT2D eigenvalue weighted by molar-refractivity contribution is 6.36. The van der Waals surface area contributed by atoms with Crippen LogP contribution in [0.15, 0.2) is 12.1 Å². The van der Waals surface area contributed by atoms with Gasteiger partial charge in [0.1, 0.15) is 5.38 Å². The third-order valence-corrected chi connectivity index (χ3v) is 3.36. The van der Waals surface area contributed by atoms with Crippen LogP contribution in [0.25, 0.3) is 0 Å². The summed E-state index contributed by atoms with van der Waals surface area (Å²) in [6.07, 6.45) is -0.299. The van der Waals surface area contributed by atoms with Crippen molar-refractivity contribution in [2.24, 2.45) is 0 Å². The largest absolute Gasteiger partial charge is 0.480 e. The number of carboxylic acid groups (broad SMARTS) is 1. The fraction of sp³-hybridized carbons (Fsp3) is 0.273. The van der Waals surface area contributed by atoms with Gasteiger partial charge >= 0.3 is 5.97 Å². The molecule has 0 saturated heterocycles. The van der Waals surface area contributed by atoms with Crippen molar-refractivity contribution in [2.45, 2.75) is 18.7 Å². The summed E-state index contributed by atoms with van der Waals surface area (Å²) in [6, 6.07) is 2.91. The minimum Gasteiger partial charge on any atom is -0.480 e. The van der Waals surface area contributed by atoms with Gasteiger partial charge in [-0.25, -0.2) is 0 Å². The number of alkyl halides is 1. The Morgan fingerprint density at radius 2 is 1.76 bits per heavy atom. The van der Waals surface area contributed by atoms with Gasteiger partial charge in [0.2, 0.25) is 0 Å². The quantitative estimate of drug-likeness (QED) is 0.682. The first kappa shape index (κ1) is 14.3. The second kappa shape index (κ2) is 5.71. The summed E-state index contributed by atoms with van der Waals surface area (Å²) in [5.74, 6) is -1.64. The molecular weight excluding hydrogens is 286 g/mol. The number of halogens is 3. The zero-order chi connectivity index (χ0) is 13.2. The van der Waals surface area contributed by atoms with Crippen molar-refractivity contribution in [1.29, 1.82) is 0 Å². The van der Waals surface area contributed by atoms with E-state index >= 15 is 0 Å². The number of aliphatic carboxylic acids is 1. The lowest BCUT2D eigenvalue weighted by Crippen LogP contribution is -2.18. The second-order valence-corrected chi connectivity index (χ2v) is 4.84. The van der Waals surface area contributed by atoms with Crippen molar-refractivity contribution in [3.8, 4) is 0 Å². The van der Waals surface area contributed by atoms with E-state index in [1.54, 1.807) is 6.92 Å². The molecule has 0 aromatic heterocycles. The summed E-state index contributed by atoms with van der Waals surface area (Å²) in [7, 11) is 0. The van der Waals surface area contributed by atoms with Crippen LogP contribution in [-0.4, -0.2) is 22.2 Å². The van der Waals surface area contributed by atoms with E-state index in [9.17, 15) is 9.59 Å². The van der Waals surface area contributed by atoms with Gasteiger partial charge in [0.25, 0.3) is 0 Å². The predicted molar refractivity (Wildman–Crippen MR) is 67.4 cm³/mol. The molecule has 17 heavy (non-hydrogen) atoms. The summed E-state index contributed by atoms with van der Waals surface area (Å²) in [4.78, 5) is 22.2. The Kier molecular flexibility index (Phi) is 4.80. The van der Waals surface area contributed by atoms with Gasteiger partial charge in [-0.05, 0) is 24.6 Å². The first-order valence-electron chi connectivity index (χ1n) is 4.68. The van der Waals surface area contributed by atoms with Crippen LogP contribution in [0.5, 0.6) is 0 Å². The molecule has 0 amide bonds. The molecule has 1 aromatic rings. The van der Waals surface area contributed by atoms with E-state index in [1.807, 2.05) is 0 Å². The maximum absolute atomic E-state index is 11.7. The van der Waals surface area contributed by atoms with Crippen molar-refractivity contribution >= 4 is 46.6 Å². The van der Waals surface area contributed by atoms with E-state index in [2.05, 4.69) is 0 Å². The maximum atomic E-state index is 11.7. The van der Waals surface area contributed by atoms with E-state index in [-0.39, 0.29) is 12.0 Å². The molecule has 0 aliphatic carbocycles. The molecule has 0 radical (unpaired) electrons. The smallest absolute Gasteiger partial charge is 0.322 e. The number of carboxylic acids is 1. The average molecular weight is 296 g/mol. The minimum absolute atomic E-state index is 0.262. The van der Waals surface area contributed by atoms with E-state index in [0.717, 1.165) is 0 Å². The van der Waals surface area contributed by atoms with Gasteiger partial charge in [-0.15, -0.1) is 11.6 Å². The summed E-state index contributed by atoms with van der Waals surface area (Å²) in [5.41, 5.74) is 0.933. The molecule has 0 bridgehead atoms. The van der Waals surface area contributed by atoms with Gasteiger partial charge in [0.15, 0.2) is 5.78 Å². The lowest BCUT2D eigenvalue weighted by Gasteiger charge is -2.07. The van der Waals surface area contributed by atoms with E-state index in [4.69, 9.17) is 39.9 Å². The fourth-order valence-corrected chi connectivity index (χ4v) is 1.80. The van der Waals surface area contributed by atoms with Crippen molar-refractivity contribution in [1.82, 2.24) is 0 Å². The van der Waals surface area contributed by atoms with Crippen LogP contribution in [0.3, 0.4) is 0 Å². The van der Waals surface area contributed by atoms with E-state index < -0.39 is 17.1 Å². The van der Waals surface area contributed by atoms with Gasteiger partial charge in [0.05, 0.1) is 0 Å². The molecule has 0 heterocycles. The zero-order valence-electron chi connectivity index (χ0n) is 8.84. The average Bonchev–Trinajstić information content (AvgIpc) is 2.24. The Hall–Kier alpha value is -0.770. The molecule has 1 N–H and O–H groups in total. The van der Waals surface area contributed by atoms with Gasteiger partial charge < -0.3 is 5.11 Å². The number of hydrogen-bond donors (Lipinski definition) is 1. The van der Waals surface area contributed by atoms with Crippen LogP contribution in [0, 0.1) is 6.92 Å². The Morgan fingerprint density at radius 3 is 2.18 bits per heavy atom. The van der Waals surface area contributed by atoms with Crippen LogP contribution in [0.1, 0.15) is 22.3 Å². The molecule has 3 nitrogen and oxygen atoms in total. The predicted octanol–water partition coefficient (Wildman–Crippen LogP) is 3.57. The molecule has 92 valence electrons. The minimum atomic E-state index is -1.25. The fourth-order valence-electron chi connectivity index (χ4n) is 1.17. The molecule has 1 rings (SSSR count). The van der Waals surface area contributed by atoms with Gasteiger partial charge in [-0.2, -0.15) is 0 Å². The van der Waals surface area contributed by atoms with Gasteiger partial charge in [-0.1, -0.05) is 23.2 Å². The second-order valence-electron chi connectivity index (χ2n) is 3.50. The van der Waals surface area contributed by atoms with Gasteiger partial charge in [0, 0.05) is 22.0 Å². The molecule has 1 unspecified atom stereocenters. The Bertz CT molecular complexity index is 448. The number of benzene rings is 1. The number of Topliss-reactive ketones (excluding diaryl/α,β-unsaturated/α-hetero) is 1. The maximum Gasteiger partial charge on any atom is 0.322 e. The van der Waals surface area contributed by atoms with Crippen LogP contribution in [0.4, 0.5) is 0 Å². The number of carbonyl (C=O) groups is 2. The highest BCUT2D eigenvalue weighted by Crippen LogP contribution is 2.26. The van der Waals surface area contributed by atoms with Crippen molar-refractivity contribution in [2.75, 3.05) is 0 Å². The lowest BCUT2D eigenvalue weighted by molar-refractivity contribution is -0.136. The summed E-state index contributed by atoms with van der Waals surface area (Å²) in [5, 5.41) is 8.07. The Balaban J connectivity index is 2.94. The SMILES string of the molecule is Cc1c(Cl)cc(C(=O)CC(Cl)C(=O)O)cc1Cl. The van der Waals surface area contributed by atoms with Crippen LogP contribution < -0.4 is 0 Å². The normalized spacial score (nSPS) is 12.2. The number of rotatable bonds is 4. The van der Waals surface area contributed by atoms with Crippen LogP contribution >= 0.6 is 34.8 Å². The molecule has 0 spiro atoms. The van der Waals surface area contributed by atoms with Crippen molar-refractivity contribution in [3.63, 3.8) is 0 Å². The Morgan fingerprint density at radius 1 is 1.29 bits per heavy atom. The molecule has 0 saturated carbocycles. The zero-order valence-corrected chi connectivity index (χ0v) is 11.1.